The summed E-state index contributed by atoms with van der Waals surface area (Å²) in [6.45, 7) is 4.62. The van der Waals surface area contributed by atoms with Crippen molar-refractivity contribution in [3.05, 3.63) is 70.3 Å². The molecule has 2 amide bonds. The number of hydrogen-bond donors (Lipinski definition) is 3. The van der Waals surface area contributed by atoms with Gasteiger partial charge in [-0.1, -0.05) is 36.7 Å². The minimum Gasteiger partial charge on any atom is -0.487 e. The summed E-state index contributed by atoms with van der Waals surface area (Å²) >= 11 is 6.32. The standard InChI is InChI=1S/C35H46ClN3O7S/c1-22-8-7-16-35(43,32(40)34(42)38(3)4)29-14-11-26(29)20-39-17-6-5-9-24-18-28(36)13-10-27(24)21-46-31-15-12-25(19-30(31)39)33(41)37-47(44,45)23(22)2/h7,10,12-13,15-16,18-19,22-23,26,29,32,40,43H,5-6,8-9,11,14,17,20-21H2,1-4H3,(H,37,41)/b16-7+/t22-,23+,26-,29+,32-,35-/m0/s1. The summed E-state index contributed by atoms with van der Waals surface area (Å²) in [6, 6.07) is 10.7. The number of sulfonamides is 1. The van der Waals surface area contributed by atoms with Gasteiger partial charge in [-0.25, -0.2) is 13.1 Å². The van der Waals surface area contributed by atoms with Crippen molar-refractivity contribution in [1.82, 2.24) is 9.62 Å². The van der Waals surface area contributed by atoms with E-state index in [1.54, 1.807) is 31.2 Å². The molecule has 2 bridgehead atoms. The molecule has 0 spiro atoms. The van der Waals surface area contributed by atoms with Crippen molar-refractivity contribution in [2.45, 2.75) is 75.9 Å². The van der Waals surface area contributed by atoms with Crippen LogP contribution in [0.3, 0.4) is 0 Å². The third kappa shape index (κ3) is 7.48. The lowest BCUT2D eigenvalue weighted by Gasteiger charge is -2.49. The number of ether oxygens (including phenoxy) is 1. The SMILES string of the molecule is C[C@@H]1[C@@H](C)C/C=C/[C@@](O)([C@@H](O)C(=O)N(C)C)[C@@H]2CC[C@H]2CN2CCCCc3cc(Cl)ccc3COc3ccc(cc32)C(=O)NS1(=O)=O. The maximum atomic E-state index is 13.4. The number of carbonyl (C=O) groups excluding carboxylic acids is 2. The maximum absolute atomic E-state index is 13.4. The van der Waals surface area contributed by atoms with Crippen LogP contribution < -0.4 is 14.4 Å². The first-order valence-corrected chi connectivity index (χ1v) is 18.3. The van der Waals surface area contributed by atoms with Gasteiger partial charge in [-0.15, -0.1) is 0 Å². The van der Waals surface area contributed by atoms with Crippen molar-refractivity contribution in [2.24, 2.45) is 17.8 Å². The zero-order chi connectivity index (χ0) is 34.1. The lowest BCUT2D eigenvalue weighted by molar-refractivity contribution is -0.163. The number of likely N-dealkylation sites (N-methyl/N-ethyl adjacent to an activating group) is 1. The van der Waals surface area contributed by atoms with Crippen LogP contribution in [0.4, 0.5) is 5.69 Å². The molecule has 3 aliphatic rings. The number of rotatable bonds is 2. The molecule has 12 heteroatoms. The summed E-state index contributed by atoms with van der Waals surface area (Å²) < 4.78 is 35.3. The summed E-state index contributed by atoms with van der Waals surface area (Å²) in [5.41, 5.74) is 1.07. The first-order chi connectivity index (χ1) is 22.2. The van der Waals surface area contributed by atoms with Gasteiger partial charge in [0.15, 0.2) is 6.10 Å². The summed E-state index contributed by atoms with van der Waals surface area (Å²) in [7, 11) is -1.01. The number of halogens is 1. The molecule has 10 nitrogen and oxygen atoms in total. The predicted octanol–water partition coefficient (Wildman–Crippen LogP) is 4.31. The molecule has 0 saturated heterocycles. The zero-order valence-corrected chi connectivity index (χ0v) is 29.1. The normalized spacial score (nSPS) is 29.3. The number of nitrogens with one attached hydrogen (secondary N) is 1. The Hall–Kier alpha value is -3.12. The third-order valence-electron chi connectivity index (χ3n) is 10.2. The smallest absolute Gasteiger partial charge is 0.264 e. The van der Waals surface area contributed by atoms with Gasteiger partial charge < -0.3 is 24.7 Å². The second kappa shape index (κ2) is 14.2. The van der Waals surface area contributed by atoms with Crippen molar-refractivity contribution in [3.63, 3.8) is 0 Å². The van der Waals surface area contributed by atoms with Gasteiger partial charge in [0, 0.05) is 37.8 Å². The van der Waals surface area contributed by atoms with E-state index in [0.29, 0.717) is 36.0 Å². The van der Waals surface area contributed by atoms with E-state index in [2.05, 4.69) is 9.62 Å². The van der Waals surface area contributed by atoms with E-state index in [9.17, 15) is 28.2 Å². The Bertz CT molecular complexity index is 1630. The number of aliphatic hydroxyl groups is 2. The van der Waals surface area contributed by atoms with Gasteiger partial charge in [0.05, 0.1) is 10.9 Å². The highest BCUT2D eigenvalue weighted by atomic mass is 35.5. The van der Waals surface area contributed by atoms with E-state index in [4.69, 9.17) is 16.3 Å². The Morgan fingerprint density at radius 1 is 1.13 bits per heavy atom. The van der Waals surface area contributed by atoms with Gasteiger partial charge in [0.25, 0.3) is 11.8 Å². The van der Waals surface area contributed by atoms with Crippen molar-refractivity contribution in [1.29, 1.82) is 0 Å². The molecule has 1 saturated carbocycles. The Morgan fingerprint density at radius 3 is 2.60 bits per heavy atom. The van der Waals surface area contributed by atoms with Crippen LogP contribution in [-0.4, -0.2) is 79.5 Å². The summed E-state index contributed by atoms with van der Waals surface area (Å²) in [5, 5.41) is 23.2. The lowest BCUT2D eigenvalue weighted by Crippen LogP contribution is -2.59. The molecular formula is C35H46ClN3O7S. The first-order valence-electron chi connectivity index (χ1n) is 16.4. The lowest BCUT2D eigenvalue weighted by atomic mass is 9.62. The number of benzene rings is 2. The van der Waals surface area contributed by atoms with Gasteiger partial charge in [-0.3, -0.25) is 9.59 Å². The van der Waals surface area contributed by atoms with E-state index in [-0.39, 0.29) is 24.5 Å². The first kappa shape index (κ1) is 35.2. The molecule has 3 N–H and O–H groups in total. The number of anilines is 1. The number of amides is 2. The molecular weight excluding hydrogens is 642 g/mol. The van der Waals surface area contributed by atoms with Crippen molar-refractivity contribution >= 4 is 39.1 Å². The van der Waals surface area contributed by atoms with Crippen LogP contribution >= 0.6 is 11.6 Å². The van der Waals surface area contributed by atoms with Crippen LogP contribution in [-0.2, 0) is 27.8 Å². The molecule has 2 heterocycles. The molecule has 0 unspecified atom stereocenters. The topological polar surface area (TPSA) is 136 Å². The maximum Gasteiger partial charge on any atom is 0.264 e. The Kier molecular flexibility index (Phi) is 10.6. The quantitative estimate of drug-likeness (QED) is 0.398. The van der Waals surface area contributed by atoms with Crippen LogP contribution in [0, 0.1) is 17.8 Å². The van der Waals surface area contributed by atoms with E-state index >= 15 is 0 Å². The van der Waals surface area contributed by atoms with Crippen LogP contribution in [0.5, 0.6) is 5.75 Å². The number of fused-ring (bicyclic) bond motifs is 3. The number of hydrogen-bond acceptors (Lipinski definition) is 8. The molecule has 1 fully saturated rings. The number of aryl methyl sites for hydroxylation is 1. The van der Waals surface area contributed by atoms with E-state index in [0.717, 1.165) is 36.8 Å². The highest BCUT2D eigenvalue weighted by Crippen LogP contribution is 2.46. The monoisotopic (exact) mass is 687 g/mol. The van der Waals surface area contributed by atoms with E-state index in [1.165, 1.54) is 32.0 Å². The molecule has 2 aromatic rings. The minimum absolute atomic E-state index is 0.0923. The molecule has 47 heavy (non-hydrogen) atoms. The number of nitrogens with zero attached hydrogens (tertiary/aromatic N) is 2. The second-order valence-corrected chi connectivity index (χ2v) is 16.0. The Balaban J connectivity index is 1.59. The highest BCUT2D eigenvalue weighted by Gasteiger charge is 2.52. The molecule has 6 atom stereocenters. The largest absolute Gasteiger partial charge is 0.487 e. The average Bonchev–Trinajstić information content (AvgIpc) is 3.04. The zero-order valence-electron chi connectivity index (χ0n) is 27.5. The highest BCUT2D eigenvalue weighted by molar-refractivity contribution is 7.90. The molecule has 5 rings (SSSR count). The molecule has 0 aromatic heterocycles. The number of aliphatic hydroxyl groups excluding tert-OH is 1. The summed E-state index contributed by atoms with van der Waals surface area (Å²) in [4.78, 5) is 29.8. The molecule has 0 radical (unpaired) electrons. The van der Waals surface area contributed by atoms with Crippen LogP contribution in [0.15, 0.2) is 48.6 Å². The number of carbonyl (C=O) groups is 2. The fourth-order valence-electron chi connectivity index (χ4n) is 6.87. The predicted molar refractivity (Wildman–Crippen MR) is 182 cm³/mol. The molecule has 256 valence electrons. The van der Waals surface area contributed by atoms with E-state index in [1.807, 2.05) is 18.2 Å². The van der Waals surface area contributed by atoms with Crippen LogP contribution in [0.25, 0.3) is 0 Å². The summed E-state index contributed by atoms with van der Waals surface area (Å²) in [6.07, 6.45) is 5.52. The van der Waals surface area contributed by atoms with Gasteiger partial charge >= 0.3 is 0 Å². The minimum atomic E-state index is -4.08. The second-order valence-electron chi connectivity index (χ2n) is 13.6. The molecule has 2 aromatic carbocycles. The number of allylic oxidation sites excluding steroid dienone is 1. The molecule has 2 aliphatic heterocycles. The summed E-state index contributed by atoms with van der Waals surface area (Å²) in [5.74, 6) is -1.77. The van der Waals surface area contributed by atoms with Crippen molar-refractivity contribution in [3.8, 4) is 5.75 Å². The van der Waals surface area contributed by atoms with Crippen molar-refractivity contribution in [2.75, 3.05) is 32.1 Å². The van der Waals surface area contributed by atoms with Gasteiger partial charge in [0.2, 0.25) is 10.0 Å². The third-order valence-corrected chi connectivity index (χ3v) is 12.4. The van der Waals surface area contributed by atoms with Gasteiger partial charge in [0.1, 0.15) is 18.0 Å². The fourth-order valence-corrected chi connectivity index (χ4v) is 8.35. The van der Waals surface area contributed by atoms with Gasteiger partial charge in [-0.2, -0.15) is 0 Å². The fraction of sp³-hybridized carbons (Fsp3) is 0.543. The van der Waals surface area contributed by atoms with Crippen LogP contribution in [0.1, 0.15) is 67.4 Å². The average molecular weight is 688 g/mol. The van der Waals surface area contributed by atoms with Gasteiger partial charge in [-0.05, 0) is 105 Å². The van der Waals surface area contributed by atoms with Crippen molar-refractivity contribution < 1.29 is 33.0 Å². The van der Waals surface area contributed by atoms with E-state index < -0.39 is 50.6 Å². The Labute approximate surface area is 282 Å². The molecule has 1 aliphatic carbocycles. The van der Waals surface area contributed by atoms with Crippen LogP contribution in [0.2, 0.25) is 5.02 Å². The Morgan fingerprint density at radius 2 is 1.89 bits per heavy atom.